The summed E-state index contributed by atoms with van der Waals surface area (Å²) in [7, 11) is 0. The van der Waals surface area contributed by atoms with Crippen molar-refractivity contribution < 1.29 is 4.79 Å². The van der Waals surface area contributed by atoms with Gasteiger partial charge in [0.15, 0.2) is 0 Å². The number of nitrogens with zero attached hydrogens (tertiary/aromatic N) is 3. The molecular formula is C16H16N4OS. The smallest absolute Gasteiger partial charge is 0.230 e. The van der Waals surface area contributed by atoms with Gasteiger partial charge in [-0.3, -0.25) is 9.78 Å². The van der Waals surface area contributed by atoms with Gasteiger partial charge in [-0.1, -0.05) is 29.5 Å². The first-order valence-electron chi connectivity index (χ1n) is 6.99. The topological polar surface area (TPSA) is 67.8 Å². The number of pyridine rings is 1. The minimum Gasteiger partial charge on any atom is -0.300 e. The summed E-state index contributed by atoms with van der Waals surface area (Å²) in [5, 5.41) is 13.0. The lowest BCUT2D eigenvalue weighted by atomic mass is 9.99. The summed E-state index contributed by atoms with van der Waals surface area (Å²) in [5.74, 6) is -0.0977. The number of aryl methyl sites for hydroxylation is 3. The third-order valence-corrected chi connectivity index (χ3v) is 4.35. The maximum absolute atomic E-state index is 12.2. The fourth-order valence-corrected chi connectivity index (χ4v) is 3.11. The van der Waals surface area contributed by atoms with Crippen LogP contribution in [0.15, 0.2) is 24.3 Å². The lowest BCUT2D eigenvalue weighted by molar-refractivity contribution is -0.115. The van der Waals surface area contributed by atoms with Crippen molar-refractivity contribution in [2.45, 2.75) is 27.2 Å². The van der Waals surface area contributed by atoms with Gasteiger partial charge >= 0.3 is 0 Å². The molecule has 0 aliphatic rings. The Morgan fingerprint density at radius 2 is 1.95 bits per heavy atom. The van der Waals surface area contributed by atoms with Crippen molar-refractivity contribution in [1.82, 2.24) is 15.2 Å². The predicted octanol–water partition coefficient (Wildman–Crippen LogP) is 3.19. The van der Waals surface area contributed by atoms with Crippen LogP contribution < -0.4 is 5.32 Å². The summed E-state index contributed by atoms with van der Waals surface area (Å²) >= 11 is 1.37. The number of carbonyl (C=O) groups excluding carboxylic acids is 1. The third-order valence-electron chi connectivity index (χ3n) is 3.60. The SMILES string of the molecule is Cc1nnc(NC(=O)Cc2c(C)nc3ccccc3c2C)s1. The van der Waals surface area contributed by atoms with E-state index in [1.807, 2.05) is 45.0 Å². The Kier molecular flexibility index (Phi) is 3.85. The number of nitrogens with one attached hydrogen (secondary N) is 1. The molecule has 3 aromatic rings. The molecule has 1 amide bonds. The maximum atomic E-state index is 12.2. The van der Waals surface area contributed by atoms with Gasteiger partial charge in [0.2, 0.25) is 11.0 Å². The molecule has 1 N–H and O–H groups in total. The standard InChI is InChI=1S/C16H16N4OS/c1-9-12-6-4-5-7-14(12)17-10(2)13(9)8-15(21)18-16-20-19-11(3)22-16/h4-7H,8H2,1-3H3,(H,18,20,21). The number of amides is 1. The first kappa shape index (κ1) is 14.6. The summed E-state index contributed by atoms with van der Waals surface area (Å²) in [4.78, 5) is 16.8. The van der Waals surface area contributed by atoms with Crippen molar-refractivity contribution in [3.63, 3.8) is 0 Å². The number of hydrogen-bond donors (Lipinski definition) is 1. The van der Waals surface area contributed by atoms with E-state index in [2.05, 4.69) is 20.5 Å². The molecule has 0 aliphatic carbocycles. The van der Waals surface area contributed by atoms with Gasteiger partial charge in [-0.2, -0.15) is 0 Å². The van der Waals surface area contributed by atoms with E-state index in [-0.39, 0.29) is 12.3 Å². The minimum absolute atomic E-state index is 0.0977. The molecule has 0 bridgehead atoms. The summed E-state index contributed by atoms with van der Waals surface area (Å²) in [6, 6.07) is 7.98. The van der Waals surface area contributed by atoms with Crippen LogP contribution in [0.5, 0.6) is 0 Å². The normalized spacial score (nSPS) is 10.9. The van der Waals surface area contributed by atoms with E-state index < -0.39 is 0 Å². The summed E-state index contributed by atoms with van der Waals surface area (Å²) in [6.07, 6.45) is 0.286. The number of hydrogen-bond acceptors (Lipinski definition) is 5. The number of rotatable bonds is 3. The van der Waals surface area contributed by atoms with Crippen molar-refractivity contribution in [1.29, 1.82) is 0 Å². The van der Waals surface area contributed by atoms with Crippen LogP contribution in [-0.2, 0) is 11.2 Å². The van der Waals surface area contributed by atoms with Gasteiger partial charge in [-0.05, 0) is 38.0 Å². The molecular weight excluding hydrogens is 296 g/mol. The van der Waals surface area contributed by atoms with Crippen molar-refractivity contribution in [2.75, 3.05) is 5.32 Å². The highest BCUT2D eigenvalue weighted by atomic mass is 32.1. The number of anilines is 1. The predicted molar refractivity (Wildman–Crippen MR) is 88.2 cm³/mol. The van der Waals surface area contributed by atoms with Crippen molar-refractivity contribution in [3.05, 3.63) is 46.1 Å². The van der Waals surface area contributed by atoms with Gasteiger partial charge in [0, 0.05) is 11.1 Å². The molecule has 5 nitrogen and oxygen atoms in total. The van der Waals surface area contributed by atoms with Crippen LogP contribution in [0, 0.1) is 20.8 Å². The van der Waals surface area contributed by atoms with Crippen LogP contribution in [0.3, 0.4) is 0 Å². The first-order valence-corrected chi connectivity index (χ1v) is 7.81. The molecule has 2 heterocycles. The zero-order chi connectivity index (χ0) is 15.7. The molecule has 0 saturated heterocycles. The van der Waals surface area contributed by atoms with Crippen LogP contribution in [0.2, 0.25) is 0 Å². The highest BCUT2D eigenvalue weighted by molar-refractivity contribution is 7.15. The highest BCUT2D eigenvalue weighted by Gasteiger charge is 2.14. The Hall–Kier alpha value is -2.34. The largest absolute Gasteiger partial charge is 0.300 e. The molecule has 3 rings (SSSR count). The Labute approximate surface area is 132 Å². The molecule has 6 heteroatoms. The minimum atomic E-state index is -0.0977. The monoisotopic (exact) mass is 312 g/mol. The number of benzene rings is 1. The molecule has 0 aliphatic heterocycles. The van der Waals surface area contributed by atoms with Gasteiger partial charge in [0.1, 0.15) is 5.01 Å². The quantitative estimate of drug-likeness (QED) is 0.806. The van der Waals surface area contributed by atoms with E-state index in [0.717, 1.165) is 32.7 Å². The molecule has 0 unspecified atom stereocenters. The number of carbonyl (C=O) groups is 1. The van der Waals surface area contributed by atoms with Crippen molar-refractivity contribution in [3.8, 4) is 0 Å². The first-order chi connectivity index (χ1) is 10.5. The summed E-state index contributed by atoms with van der Waals surface area (Å²) in [6.45, 7) is 5.83. The molecule has 0 saturated carbocycles. The van der Waals surface area contributed by atoms with E-state index in [4.69, 9.17) is 0 Å². The van der Waals surface area contributed by atoms with Crippen LogP contribution in [-0.4, -0.2) is 21.1 Å². The molecule has 22 heavy (non-hydrogen) atoms. The van der Waals surface area contributed by atoms with Gasteiger partial charge < -0.3 is 5.32 Å². The van der Waals surface area contributed by atoms with E-state index in [0.29, 0.717) is 5.13 Å². The molecule has 0 atom stereocenters. The van der Waals surface area contributed by atoms with E-state index in [1.165, 1.54) is 11.3 Å². The second kappa shape index (κ2) is 5.81. The van der Waals surface area contributed by atoms with E-state index in [9.17, 15) is 4.79 Å². The van der Waals surface area contributed by atoms with Gasteiger partial charge in [-0.25, -0.2) is 0 Å². The van der Waals surface area contributed by atoms with Gasteiger partial charge in [-0.15, -0.1) is 10.2 Å². The zero-order valence-electron chi connectivity index (χ0n) is 12.7. The van der Waals surface area contributed by atoms with Crippen molar-refractivity contribution in [2.24, 2.45) is 0 Å². The van der Waals surface area contributed by atoms with Gasteiger partial charge in [0.05, 0.1) is 11.9 Å². The third kappa shape index (κ3) is 2.82. The number of aromatic nitrogens is 3. The average Bonchev–Trinajstić information content (AvgIpc) is 2.88. The van der Waals surface area contributed by atoms with Crippen LogP contribution >= 0.6 is 11.3 Å². The molecule has 1 aromatic carbocycles. The Morgan fingerprint density at radius 3 is 2.68 bits per heavy atom. The van der Waals surface area contributed by atoms with Crippen LogP contribution in [0.4, 0.5) is 5.13 Å². The van der Waals surface area contributed by atoms with Crippen molar-refractivity contribution >= 4 is 33.3 Å². The lowest BCUT2D eigenvalue weighted by Crippen LogP contribution is -2.16. The Bertz CT molecular complexity index is 856. The second-order valence-corrected chi connectivity index (χ2v) is 6.35. The van der Waals surface area contributed by atoms with E-state index >= 15 is 0 Å². The average molecular weight is 312 g/mol. The molecule has 112 valence electrons. The molecule has 0 spiro atoms. The van der Waals surface area contributed by atoms with Gasteiger partial charge in [0.25, 0.3) is 0 Å². The summed E-state index contributed by atoms with van der Waals surface area (Å²) in [5.41, 5.74) is 3.92. The fourth-order valence-electron chi connectivity index (χ4n) is 2.50. The van der Waals surface area contributed by atoms with E-state index in [1.54, 1.807) is 0 Å². The number of fused-ring (bicyclic) bond motifs is 1. The number of para-hydroxylation sites is 1. The molecule has 0 radical (unpaired) electrons. The van der Waals surface area contributed by atoms with Crippen LogP contribution in [0.1, 0.15) is 21.8 Å². The fraction of sp³-hybridized carbons (Fsp3) is 0.250. The molecule has 2 aromatic heterocycles. The molecule has 0 fully saturated rings. The highest BCUT2D eigenvalue weighted by Crippen LogP contribution is 2.23. The zero-order valence-corrected chi connectivity index (χ0v) is 13.5. The summed E-state index contributed by atoms with van der Waals surface area (Å²) < 4.78 is 0. The Balaban J connectivity index is 1.88. The second-order valence-electron chi connectivity index (χ2n) is 5.17. The van der Waals surface area contributed by atoms with Crippen LogP contribution in [0.25, 0.3) is 10.9 Å². The Morgan fingerprint density at radius 1 is 1.18 bits per heavy atom. The lowest BCUT2D eigenvalue weighted by Gasteiger charge is -2.12. The maximum Gasteiger partial charge on any atom is 0.230 e.